The number of carboxylic acid groups (broad SMARTS) is 1. The Balaban J connectivity index is 1.68. The van der Waals surface area contributed by atoms with Crippen molar-refractivity contribution in [3.8, 4) is 23.0 Å². The third-order valence-corrected chi connectivity index (χ3v) is 6.42. The maximum Gasteiger partial charge on any atom is 0.341 e. The topological polar surface area (TPSA) is 186 Å². The molecule has 0 fully saturated rings. The van der Waals surface area contributed by atoms with Gasteiger partial charge in [-0.05, 0) is 59.6 Å². The van der Waals surface area contributed by atoms with E-state index in [4.69, 9.17) is 28.8 Å². The minimum atomic E-state index is -1.21. The number of hydrogen-bond donors (Lipinski definition) is 5. The highest BCUT2D eigenvalue weighted by Crippen LogP contribution is 2.35. The molecule has 1 heterocycles. The van der Waals surface area contributed by atoms with Crippen LogP contribution in [0.25, 0.3) is 0 Å². The van der Waals surface area contributed by atoms with Crippen molar-refractivity contribution in [2.24, 2.45) is 5.10 Å². The van der Waals surface area contributed by atoms with Crippen molar-refractivity contribution < 1.29 is 48.3 Å². The first-order valence-corrected chi connectivity index (χ1v) is 13.3. The zero-order valence-corrected chi connectivity index (χ0v) is 24.8. The van der Waals surface area contributed by atoms with Crippen molar-refractivity contribution in [1.29, 1.82) is 0 Å². The molecule has 2 amide bonds. The van der Waals surface area contributed by atoms with Crippen molar-refractivity contribution in [1.82, 2.24) is 16.1 Å². The van der Waals surface area contributed by atoms with Gasteiger partial charge < -0.3 is 44.5 Å². The molecule has 42 heavy (non-hydrogen) atoms. The predicted molar refractivity (Wildman–Crippen MR) is 153 cm³/mol. The van der Waals surface area contributed by atoms with Crippen LogP contribution in [0.3, 0.4) is 0 Å². The number of hydrazone groups is 1. The molecular weight excluding hydrogens is 620 g/mol. The first-order chi connectivity index (χ1) is 20.1. The molecule has 0 aliphatic carbocycles. The third kappa shape index (κ3) is 8.27. The molecule has 14 nitrogen and oxygen atoms in total. The molecule has 3 rings (SSSR count). The Hall–Kier alpha value is -4.50. The van der Waals surface area contributed by atoms with Gasteiger partial charge in [0, 0.05) is 15.7 Å². The molecule has 2 aromatic rings. The van der Waals surface area contributed by atoms with Gasteiger partial charge in [-0.3, -0.25) is 5.43 Å². The highest BCUT2D eigenvalue weighted by molar-refractivity contribution is 9.10. The number of aliphatic hydroxyl groups is 1. The number of allylic oxidation sites excluding steroid dienone is 1. The summed E-state index contributed by atoms with van der Waals surface area (Å²) in [4.78, 5) is 35.3. The summed E-state index contributed by atoms with van der Waals surface area (Å²) in [5.41, 5.74) is 4.29. The van der Waals surface area contributed by atoms with Crippen molar-refractivity contribution >= 4 is 40.1 Å². The largest absolute Gasteiger partial charge is 0.493 e. The number of carboxylic acids is 1. The second-order valence-corrected chi connectivity index (χ2v) is 9.48. The summed E-state index contributed by atoms with van der Waals surface area (Å²) in [5.74, 6) is -0.538. The zero-order valence-electron chi connectivity index (χ0n) is 23.2. The molecule has 2 aromatic carbocycles. The Morgan fingerprint density at radius 1 is 1.12 bits per heavy atom. The summed E-state index contributed by atoms with van der Waals surface area (Å²) in [5, 5.41) is 28.5. The van der Waals surface area contributed by atoms with E-state index in [0.29, 0.717) is 45.2 Å². The third-order valence-electron chi connectivity index (χ3n) is 5.73. The average molecular weight is 651 g/mol. The number of aliphatic hydroxyl groups excluding tert-OH is 1. The van der Waals surface area contributed by atoms with Crippen LogP contribution in [0.1, 0.15) is 31.0 Å². The van der Waals surface area contributed by atoms with Crippen LogP contribution in [0.4, 0.5) is 4.79 Å². The molecular formula is C27H31BrN4O10. The van der Waals surface area contributed by atoms with Crippen molar-refractivity contribution in [3.05, 3.63) is 57.2 Å². The molecule has 1 aliphatic heterocycles. The molecule has 1 aliphatic rings. The number of amides is 2. The van der Waals surface area contributed by atoms with Gasteiger partial charge in [0.2, 0.25) is 0 Å². The van der Waals surface area contributed by atoms with Crippen LogP contribution in [0.5, 0.6) is 23.0 Å². The standard InChI is InChI=1S/C27H31BrN4O10/c1-5-40-20-8-15(25-24(26(36)39-4)14(2)30-27(37)31-25)6-7-18(20)41-12-22(33)32-29-11-16-9-19(38-3)21(10-17(16)28)42-13-23(34)35/h6-11,22,25,32-33H,5,12-13H2,1-4H3,(H,34,35)(H2,30,31,37)/b29-11-/t22-,25+/m1/s1. The Morgan fingerprint density at radius 2 is 1.86 bits per heavy atom. The molecule has 0 bridgehead atoms. The van der Waals surface area contributed by atoms with Crippen LogP contribution in [0, 0.1) is 0 Å². The summed E-state index contributed by atoms with van der Waals surface area (Å²) in [7, 11) is 2.67. The highest BCUT2D eigenvalue weighted by Gasteiger charge is 2.32. The Morgan fingerprint density at radius 3 is 2.52 bits per heavy atom. The van der Waals surface area contributed by atoms with Gasteiger partial charge in [0.15, 0.2) is 35.8 Å². The number of halogens is 1. The van der Waals surface area contributed by atoms with E-state index in [2.05, 4.69) is 37.1 Å². The second-order valence-electron chi connectivity index (χ2n) is 8.62. The van der Waals surface area contributed by atoms with Gasteiger partial charge in [0.05, 0.1) is 38.7 Å². The number of hydrogen-bond acceptors (Lipinski definition) is 11. The number of rotatable bonds is 14. The summed E-state index contributed by atoms with van der Waals surface area (Å²) >= 11 is 3.37. The molecule has 0 saturated carbocycles. The SMILES string of the molecule is CCOc1cc([C@@H]2NC(=O)NC(C)=C2C(=O)OC)ccc1OC[C@@H](O)N/N=C\c1cc(OC)c(OCC(=O)O)cc1Br. The van der Waals surface area contributed by atoms with E-state index in [1.807, 2.05) is 0 Å². The molecule has 226 valence electrons. The molecule has 0 radical (unpaired) electrons. The lowest BCUT2D eigenvalue weighted by atomic mass is 9.95. The van der Waals surface area contributed by atoms with Crippen LogP contribution in [0.2, 0.25) is 0 Å². The fourth-order valence-corrected chi connectivity index (χ4v) is 4.30. The van der Waals surface area contributed by atoms with Gasteiger partial charge in [0.25, 0.3) is 0 Å². The molecule has 2 atom stereocenters. The summed E-state index contributed by atoms with van der Waals surface area (Å²) in [6, 6.07) is 6.78. The molecule has 15 heteroatoms. The van der Waals surface area contributed by atoms with Gasteiger partial charge in [0.1, 0.15) is 6.61 Å². The van der Waals surface area contributed by atoms with Crippen LogP contribution in [-0.2, 0) is 14.3 Å². The number of methoxy groups -OCH3 is 2. The fourth-order valence-electron chi connectivity index (χ4n) is 3.88. The van der Waals surface area contributed by atoms with E-state index in [-0.39, 0.29) is 17.9 Å². The van der Waals surface area contributed by atoms with Gasteiger partial charge >= 0.3 is 18.0 Å². The first kappa shape index (κ1) is 32.0. The Kier molecular flexibility index (Phi) is 11.4. The van der Waals surface area contributed by atoms with E-state index in [1.54, 1.807) is 44.2 Å². The number of carbonyl (C=O) groups is 3. The van der Waals surface area contributed by atoms with E-state index >= 15 is 0 Å². The molecule has 0 spiro atoms. The van der Waals surface area contributed by atoms with E-state index in [0.717, 1.165) is 0 Å². The molecule has 0 saturated heterocycles. The first-order valence-electron chi connectivity index (χ1n) is 12.5. The van der Waals surface area contributed by atoms with Gasteiger partial charge in [-0.2, -0.15) is 5.10 Å². The van der Waals surface area contributed by atoms with Crippen molar-refractivity contribution in [2.75, 3.05) is 34.0 Å². The monoisotopic (exact) mass is 650 g/mol. The number of benzene rings is 2. The number of nitrogens with zero attached hydrogens (tertiary/aromatic N) is 1. The zero-order chi connectivity index (χ0) is 30.8. The number of carbonyl (C=O) groups excluding carboxylic acids is 2. The van der Waals surface area contributed by atoms with Crippen LogP contribution >= 0.6 is 15.9 Å². The Bertz CT molecular complexity index is 1380. The summed E-state index contributed by atoms with van der Waals surface area (Å²) in [6.07, 6.45) is 0.202. The minimum absolute atomic E-state index is 0.209. The van der Waals surface area contributed by atoms with Crippen molar-refractivity contribution in [2.45, 2.75) is 26.1 Å². The summed E-state index contributed by atoms with van der Waals surface area (Å²) in [6.45, 7) is 2.96. The van der Waals surface area contributed by atoms with Crippen LogP contribution < -0.4 is 35.0 Å². The Labute approximate surface area is 249 Å². The highest BCUT2D eigenvalue weighted by atomic mass is 79.9. The lowest BCUT2D eigenvalue weighted by Crippen LogP contribution is -2.45. The predicted octanol–water partition coefficient (Wildman–Crippen LogP) is 2.44. The number of aliphatic carboxylic acids is 1. The smallest absolute Gasteiger partial charge is 0.341 e. The van der Waals surface area contributed by atoms with E-state index in [9.17, 15) is 19.5 Å². The van der Waals surface area contributed by atoms with Gasteiger partial charge in [-0.25, -0.2) is 14.4 Å². The normalized spacial score (nSPS) is 15.4. The molecule has 0 aromatic heterocycles. The van der Waals surface area contributed by atoms with Crippen LogP contribution in [-0.4, -0.2) is 74.7 Å². The number of urea groups is 1. The maximum absolute atomic E-state index is 12.4. The number of esters is 1. The molecule has 5 N–H and O–H groups in total. The lowest BCUT2D eigenvalue weighted by Gasteiger charge is -2.28. The second kappa shape index (κ2) is 14.9. The lowest BCUT2D eigenvalue weighted by molar-refractivity contribution is -0.139. The quantitative estimate of drug-likeness (QED) is 0.0875. The maximum atomic E-state index is 12.4. The van der Waals surface area contributed by atoms with Gasteiger partial charge in [-0.1, -0.05) is 6.07 Å². The van der Waals surface area contributed by atoms with Crippen LogP contribution in [0.15, 0.2) is 51.2 Å². The van der Waals surface area contributed by atoms with Crippen molar-refractivity contribution in [3.63, 3.8) is 0 Å². The number of ether oxygens (including phenoxy) is 5. The van der Waals surface area contributed by atoms with Gasteiger partial charge in [-0.15, -0.1) is 0 Å². The molecule has 0 unspecified atom stereocenters. The summed E-state index contributed by atoms with van der Waals surface area (Å²) < 4.78 is 27.4. The van der Waals surface area contributed by atoms with E-state index in [1.165, 1.54) is 20.4 Å². The minimum Gasteiger partial charge on any atom is -0.493 e. The van der Waals surface area contributed by atoms with E-state index < -0.39 is 36.8 Å². The fraction of sp³-hybridized carbons (Fsp3) is 0.333. The average Bonchev–Trinajstić information content (AvgIpc) is 2.95. The number of nitrogens with one attached hydrogen (secondary N) is 3.